The number of nitrogens with two attached hydrogens (primary N) is 1. The van der Waals surface area contributed by atoms with Gasteiger partial charge in [0.05, 0.1) is 0 Å². The van der Waals surface area contributed by atoms with Crippen LogP contribution >= 0.6 is 46.0 Å². The molecule has 0 fully saturated rings. The minimum Gasteiger partial charge on any atom is -0.384 e. The summed E-state index contributed by atoms with van der Waals surface area (Å²) in [4.78, 5) is 0. The SMILES string of the molecule is CN(C)N(C(=S)SSC(N)=S)N(C)C. The molecule has 0 aromatic heterocycles. The summed E-state index contributed by atoms with van der Waals surface area (Å²) in [6, 6.07) is 0. The van der Waals surface area contributed by atoms with Crippen molar-refractivity contribution in [1.29, 1.82) is 0 Å². The number of thiocarbonyl (C=S) groups is 2. The fourth-order valence-corrected chi connectivity index (χ4v) is 2.94. The highest BCUT2D eigenvalue weighted by atomic mass is 33.1. The Morgan fingerprint density at radius 3 is 1.71 bits per heavy atom. The van der Waals surface area contributed by atoms with Gasteiger partial charge in [-0.1, -0.05) is 12.2 Å². The zero-order chi connectivity index (χ0) is 11.3. The third-order valence-electron chi connectivity index (χ3n) is 1.12. The van der Waals surface area contributed by atoms with Crippen molar-refractivity contribution in [3.63, 3.8) is 0 Å². The molecule has 0 saturated heterocycles. The van der Waals surface area contributed by atoms with Crippen LogP contribution in [0.5, 0.6) is 0 Å². The molecule has 0 unspecified atom stereocenters. The Bertz CT molecular complexity index is 210. The Balaban J connectivity index is 4.23. The lowest BCUT2D eigenvalue weighted by atomic mass is 11.0. The molecule has 0 saturated carbocycles. The molecule has 0 bridgehead atoms. The van der Waals surface area contributed by atoms with Crippen LogP contribution in [0.2, 0.25) is 0 Å². The van der Waals surface area contributed by atoms with Crippen molar-refractivity contribution < 1.29 is 0 Å². The first-order valence-corrected chi connectivity index (χ1v) is 6.65. The molecule has 0 aliphatic heterocycles. The second kappa shape index (κ2) is 6.81. The summed E-state index contributed by atoms with van der Waals surface area (Å²) in [6.07, 6.45) is 0. The molecule has 14 heavy (non-hydrogen) atoms. The molecule has 4 nitrogen and oxygen atoms in total. The van der Waals surface area contributed by atoms with E-state index in [0.717, 1.165) is 0 Å². The zero-order valence-electron chi connectivity index (χ0n) is 8.55. The van der Waals surface area contributed by atoms with E-state index in [1.54, 1.807) is 0 Å². The molecular formula is C6H14N4S4. The van der Waals surface area contributed by atoms with Crippen LogP contribution in [0.25, 0.3) is 0 Å². The average Bonchev–Trinajstić information content (AvgIpc) is 1.99. The van der Waals surface area contributed by atoms with Crippen LogP contribution in [-0.4, -0.2) is 52.0 Å². The van der Waals surface area contributed by atoms with Crippen molar-refractivity contribution in [2.24, 2.45) is 5.73 Å². The van der Waals surface area contributed by atoms with E-state index >= 15 is 0 Å². The molecule has 82 valence electrons. The number of rotatable bonds is 2. The molecule has 0 aliphatic carbocycles. The van der Waals surface area contributed by atoms with E-state index in [9.17, 15) is 0 Å². The summed E-state index contributed by atoms with van der Waals surface area (Å²) in [5, 5.41) is 5.61. The fourth-order valence-electron chi connectivity index (χ4n) is 0.794. The van der Waals surface area contributed by atoms with Gasteiger partial charge in [0.15, 0.2) is 4.32 Å². The zero-order valence-corrected chi connectivity index (χ0v) is 11.8. The number of hydrazine groups is 2. The van der Waals surface area contributed by atoms with Gasteiger partial charge in [-0.15, -0.1) is 0 Å². The van der Waals surface area contributed by atoms with Gasteiger partial charge in [-0.05, 0) is 33.8 Å². The highest BCUT2D eigenvalue weighted by Crippen LogP contribution is 2.25. The molecule has 0 atom stereocenters. The summed E-state index contributed by atoms with van der Waals surface area (Å²) in [5.74, 6) is 0. The fraction of sp³-hybridized carbons (Fsp3) is 0.667. The van der Waals surface area contributed by atoms with Gasteiger partial charge in [0, 0.05) is 28.2 Å². The Hall–Kier alpha value is 0.400. The highest BCUT2D eigenvalue weighted by Gasteiger charge is 2.15. The third kappa shape index (κ3) is 5.32. The molecule has 0 amide bonds. The van der Waals surface area contributed by atoms with Crippen molar-refractivity contribution in [3.05, 3.63) is 0 Å². The summed E-state index contributed by atoms with van der Waals surface area (Å²) in [5.41, 5.74) is 5.36. The van der Waals surface area contributed by atoms with Crippen LogP contribution in [0.4, 0.5) is 0 Å². The molecule has 2 N–H and O–H groups in total. The van der Waals surface area contributed by atoms with E-state index in [4.69, 9.17) is 30.2 Å². The van der Waals surface area contributed by atoms with E-state index in [0.29, 0.717) is 8.64 Å². The van der Waals surface area contributed by atoms with Crippen LogP contribution in [0.3, 0.4) is 0 Å². The standard InChI is InChI=1S/C6H14N4S4/c1-8(2)10(9(3)4)6(12)14-13-5(7)11/h1-4H3,(H2,7,11). The van der Waals surface area contributed by atoms with Crippen molar-refractivity contribution in [2.45, 2.75) is 0 Å². The van der Waals surface area contributed by atoms with Gasteiger partial charge in [0.25, 0.3) is 0 Å². The van der Waals surface area contributed by atoms with Gasteiger partial charge < -0.3 is 5.73 Å². The third-order valence-corrected chi connectivity index (χ3v) is 4.23. The predicted octanol–water partition coefficient (Wildman–Crippen LogP) is 1.15. The van der Waals surface area contributed by atoms with Crippen LogP contribution in [0.1, 0.15) is 0 Å². The van der Waals surface area contributed by atoms with Crippen LogP contribution in [0, 0.1) is 0 Å². The van der Waals surface area contributed by atoms with E-state index < -0.39 is 0 Å². The predicted molar refractivity (Wildman–Crippen MR) is 73.8 cm³/mol. The quantitative estimate of drug-likeness (QED) is 0.455. The van der Waals surface area contributed by atoms with Gasteiger partial charge in [0.1, 0.15) is 4.32 Å². The summed E-state index contributed by atoms with van der Waals surface area (Å²) >= 11 is 9.96. The molecule has 0 aromatic carbocycles. The Labute approximate surface area is 103 Å². The van der Waals surface area contributed by atoms with E-state index in [2.05, 4.69) is 0 Å². The highest BCUT2D eigenvalue weighted by molar-refractivity contribution is 8.89. The molecule has 0 heterocycles. The Kier molecular flexibility index (Phi) is 7.00. The van der Waals surface area contributed by atoms with Crippen molar-refractivity contribution >= 4 is 54.7 Å². The van der Waals surface area contributed by atoms with Crippen LogP contribution in [-0.2, 0) is 0 Å². The maximum atomic E-state index is 5.36. The molecule has 0 rings (SSSR count). The van der Waals surface area contributed by atoms with Crippen LogP contribution in [0.15, 0.2) is 0 Å². The average molecular weight is 270 g/mol. The van der Waals surface area contributed by atoms with Gasteiger partial charge >= 0.3 is 0 Å². The second-order valence-electron chi connectivity index (χ2n) is 2.74. The molecule has 8 heteroatoms. The first-order chi connectivity index (χ1) is 6.36. The maximum Gasteiger partial charge on any atom is 0.178 e. The van der Waals surface area contributed by atoms with Crippen molar-refractivity contribution in [3.8, 4) is 0 Å². The first-order valence-electron chi connectivity index (χ1n) is 3.68. The number of nitrogens with zero attached hydrogens (tertiary/aromatic N) is 3. The lowest BCUT2D eigenvalue weighted by Crippen LogP contribution is -2.48. The van der Waals surface area contributed by atoms with Crippen LogP contribution < -0.4 is 5.73 Å². The van der Waals surface area contributed by atoms with Gasteiger partial charge in [0.2, 0.25) is 0 Å². The molecule has 0 aliphatic rings. The number of hydrogen-bond donors (Lipinski definition) is 1. The summed E-state index contributed by atoms with van der Waals surface area (Å²) in [7, 11) is 10.3. The number of hydrogen-bond acceptors (Lipinski definition) is 6. The van der Waals surface area contributed by atoms with E-state index in [-0.39, 0.29) is 0 Å². The first kappa shape index (κ1) is 14.4. The normalized spacial score (nSPS) is 10.7. The van der Waals surface area contributed by atoms with Gasteiger partial charge in [-0.25, -0.2) is 15.1 Å². The van der Waals surface area contributed by atoms with Crippen molar-refractivity contribution in [2.75, 3.05) is 28.2 Å². The van der Waals surface area contributed by atoms with E-state index in [1.165, 1.54) is 21.6 Å². The molecule has 0 aromatic rings. The monoisotopic (exact) mass is 270 g/mol. The summed E-state index contributed by atoms with van der Waals surface area (Å²) in [6.45, 7) is 0. The molecule has 0 spiro atoms. The lowest BCUT2D eigenvalue weighted by molar-refractivity contribution is -0.0553. The Morgan fingerprint density at radius 2 is 1.43 bits per heavy atom. The molecule has 0 radical (unpaired) electrons. The maximum absolute atomic E-state index is 5.36. The minimum atomic E-state index is 0.384. The van der Waals surface area contributed by atoms with Crippen molar-refractivity contribution in [1.82, 2.24) is 15.1 Å². The minimum absolute atomic E-state index is 0.384. The smallest absolute Gasteiger partial charge is 0.178 e. The topological polar surface area (TPSA) is 35.7 Å². The van der Waals surface area contributed by atoms with E-state index in [1.807, 2.05) is 43.3 Å². The second-order valence-corrected chi connectivity index (χ2v) is 6.24. The summed E-state index contributed by atoms with van der Waals surface area (Å²) < 4.78 is 1.08. The Morgan fingerprint density at radius 1 is 1.00 bits per heavy atom. The van der Waals surface area contributed by atoms with Gasteiger partial charge in [-0.2, -0.15) is 0 Å². The molecular weight excluding hydrogens is 256 g/mol. The largest absolute Gasteiger partial charge is 0.384 e. The van der Waals surface area contributed by atoms with Gasteiger partial charge in [-0.3, -0.25) is 0 Å². The lowest BCUT2D eigenvalue weighted by Gasteiger charge is -2.35.